The summed E-state index contributed by atoms with van der Waals surface area (Å²) in [4.78, 5) is 4.08. The molecule has 0 aliphatic carbocycles. The second kappa shape index (κ2) is 4.10. The molecule has 1 aromatic carbocycles. The van der Waals surface area contributed by atoms with Crippen molar-refractivity contribution in [3.8, 4) is 11.4 Å². The number of nitrogens with zero attached hydrogens (tertiary/aromatic N) is 3. The van der Waals surface area contributed by atoms with Crippen LogP contribution in [0.4, 0.5) is 0 Å². The molecule has 0 amide bonds. The Morgan fingerprint density at radius 2 is 2.13 bits per heavy atom. The van der Waals surface area contributed by atoms with Gasteiger partial charge in [-0.25, -0.2) is 9.67 Å². The van der Waals surface area contributed by atoms with Crippen LogP contribution >= 0.6 is 0 Å². The zero-order valence-corrected chi connectivity index (χ0v) is 8.17. The first kappa shape index (κ1) is 9.67. The highest BCUT2D eigenvalue weighted by molar-refractivity contribution is 5.44. The van der Waals surface area contributed by atoms with Crippen LogP contribution in [0.2, 0.25) is 0 Å². The third-order valence-electron chi connectivity index (χ3n) is 2.04. The lowest BCUT2D eigenvalue weighted by molar-refractivity contribution is 0.470. The third-order valence-corrected chi connectivity index (χ3v) is 2.04. The fourth-order valence-corrected chi connectivity index (χ4v) is 1.31. The summed E-state index contributed by atoms with van der Waals surface area (Å²) in [5.74, 6) is 0.863. The van der Waals surface area contributed by atoms with Gasteiger partial charge in [0.1, 0.15) is 17.8 Å². The second-order valence-electron chi connectivity index (χ2n) is 3.13. The Morgan fingerprint density at radius 3 is 2.87 bits per heavy atom. The largest absolute Gasteiger partial charge is 0.506 e. The molecule has 5 nitrogen and oxygen atoms in total. The van der Waals surface area contributed by atoms with Gasteiger partial charge in [0.05, 0.1) is 0 Å². The molecule has 2 rings (SSSR count). The zero-order valence-electron chi connectivity index (χ0n) is 8.17. The average Bonchev–Trinajstić information content (AvgIpc) is 2.68. The maximum Gasteiger partial charge on any atom is 0.152 e. The van der Waals surface area contributed by atoms with Crippen LogP contribution in [0.1, 0.15) is 5.82 Å². The zero-order chi connectivity index (χ0) is 10.7. The molecule has 1 heterocycles. The minimum atomic E-state index is 0.182. The Morgan fingerprint density at radius 1 is 1.33 bits per heavy atom. The van der Waals surface area contributed by atoms with Gasteiger partial charge < -0.3 is 10.8 Å². The third kappa shape index (κ3) is 1.97. The minimum absolute atomic E-state index is 0.182. The number of rotatable bonds is 3. The number of phenolic OH excluding ortho intramolecular Hbond substituents is 1. The van der Waals surface area contributed by atoms with Gasteiger partial charge >= 0.3 is 0 Å². The van der Waals surface area contributed by atoms with Crippen LogP contribution in [-0.2, 0) is 6.42 Å². The van der Waals surface area contributed by atoms with Gasteiger partial charge in [-0.2, -0.15) is 5.10 Å². The predicted octanol–water partition coefficient (Wildman–Crippen LogP) is 0.474. The Hall–Kier alpha value is -1.88. The van der Waals surface area contributed by atoms with Crippen LogP contribution in [0, 0.1) is 0 Å². The van der Waals surface area contributed by atoms with Crippen molar-refractivity contribution in [1.29, 1.82) is 0 Å². The van der Waals surface area contributed by atoms with Crippen molar-refractivity contribution in [2.75, 3.05) is 6.54 Å². The number of para-hydroxylation sites is 2. The molecule has 0 radical (unpaired) electrons. The number of hydrogen-bond donors (Lipinski definition) is 2. The van der Waals surface area contributed by atoms with Crippen molar-refractivity contribution in [2.45, 2.75) is 6.42 Å². The second-order valence-corrected chi connectivity index (χ2v) is 3.13. The highest BCUT2D eigenvalue weighted by Gasteiger charge is 2.05. The summed E-state index contributed by atoms with van der Waals surface area (Å²) in [6, 6.07) is 6.98. The van der Waals surface area contributed by atoms with E-state index in [9.17, 15) is 5.11 Å². The van der Waals surface area contributed by atoms with Crippen molar-refractivity contribution < 1.29 is 5.11 Å². The van der Waals surface area contributed by atoms with E-state index in [0.29, 0.717) is 24.5 Å². The Kier molecular flexibility index (Phi) is 2.64. The van der Waals surface area contributed by atoms with Crippen molar-refractivity contribution in [3.05, 3.63) is 36.4 Å². The van der Waals surface area contributed by atoms with Crippen LogP contribution in [0.25, 0.3) is 5.69 Å². The van der Waals surface area contributed by atoms with E-state index in [1.807, 2.05) is 6.07 Å². The van der Waals surface area contributed by atoms with Crippen LogP contribution in [0.5, 0.6) is 5.75 Å². The van der Waals surface area contributed by atoms with E-state index in [0.717, 1.165) is 0 Å². The Bertz CT molecular complexity index is 452. The Labute approximate surface area is 87.2 Å². The number of aromatic nitrogens is 3. The minimum Gasteiger partial charge on any atom is -0.506 e. The molecule has 0 saturated carbocycles. The van der Waals surface area contributed by atoms with Crippen molar-refractivity contribution in [3.63, 3.8) is 0 Å². The molecule has 5 heteroatoms. The summed E-state index contributed by atoms with van der Waals surface area (Å²) >= 11 is 0. The summed E-state index contributed by atoms with van der Waals surface area (Å²) < 4.78 is 1.54. The van der Waals surface area contributed by atoms with Gasteiger partial charge in [-0.15, -0.1) is 0 Å². The average molecular weight is 204 g/mol. The van der Waals surface area contributed by atoms with Crippen molar-refractivity contribution in [2.24, 2.45) is 5.73 Å². The van der Waals surface area contributed by atoms with Gasteiger partial charge in [-0.05, 0) is 18.7 Å². The molecule has 0 aliphatic rings. The number of nitrogens with two attached hydrogens (primary N) is 1. The van der Waals surface area contributed by atoms with Crippen LogP contribution in [0.15, 0.2) is 30.6 Å². The lowest BCUT2D eigenvalue weighted by atomic mass is 10.3. The standard InChI is InChI=1S/C10H12N4O/c11-6-5-10-12-7-14(13-10)8-3-1-2-4-9(8)15/h1-4,7,15H,5-6,11H2. The molecule has 1 aromatic heterocycles. The fourth-order valence-electron chi connectivity index (χ4n) is 1.31. The van der Waals surface area contributed by atoms with Crippen molar-refractivity contribution >= 4 is 0 Å². The highest BCUT2D eigenvalue weighted by atomic mass is 16.3. The Balaban J connectivity index is 2.33. The maximum absolute atomic E-state index is 9.59. The number of benzene rings is 1. The SMILES string of the molecule is NCCc1ncn(-c2ccccc2O)n1. The van der Waals surface area contributed by atoms with Gasteiger partial charge in [-0.3, -0.25) is 0 Å². The van der Waals surface area contributed by atoms with E-state index in [-0.39, 0.29) is 5.75 Å². The summed E-state index contributed by atoms with van der Waals surface area (Å²) in [6.07, 6.45) is 2.21. The number of aromatic hydroxyl groups is 1. The summed E-state index contributed by atoms with van der Waals surface area (Å²) in [6.45, 7) is 0.519. The molecular weight excluding hydrogens is 192 g/mol. The summed E-state index contributed by atoms with van der Waals surface area (Å²) in [7, 11) is 0. The summed E-state index contributed by atoms with van der Waals surface area (Å²) in [5, 5.41) is 13.8. The fraction of sp³-hybridized carbons (Fsp3) is 0.200. The van der Waals surface area contributed by atoms with Crippen molar-refractivity contribution in [1.82, 2.24) is 14.8 Å². The first-order valence-electron chi connectivity index (χ1n) is 4.70. The molecule has 15 heavy (non-hydrogen) atoms. The van der Waals surface area contributed by atoms with E-state index < -0.39 is 0 Å². The predicted molar refractivity (Wildman–Crippen MR) is 55.8 cm³/mol. The van der Waals surface area contributed by atoms with Gasteiger partial charge in [0.25, 0.3) is 0 Å². The molecule has 2 aromatic rings. The van der Waals surface area contributed by atoms with Gasteiger partial charge in [0.2, 0.25) is 0 Å². The van der Waals surface area contributed by atoms with E-state index in [1.54, 1.807) is 29.2 Å². The topological polar surface area (TPSA) is 77.0 Å². The smallest absolute Gasteiger partial charge is 0.152 e. The number of hydrogen-bond acceptors (Lipinski definition) is 4. The molecule has 0 saturated heterocycles. The van der Waals surface area contributed by atoms with Gasteiger partial charge in [-0.1, -0.05) is 12.1 Å². The first-order chi connectivity index (χ1) is 7.31. The van der Waals surface area contributed by atoms with E-state index in [4.69, 9.17) is 5.73 Å². The monoisotopic (exact) mass is 204 g/mol. The molecule has 0 aliphatic heterocycles. The lowest BCUT2D eigenvalue weighted by Gasteiger charge is -2.01. The molecular formula is C10H12N4O. The lowest BCUT2D eigenvalue weighted by Crippen LogP contribution is -2.05. The highest BCUT2D eigenvalue weighted by Crippen LogP contribution is 2.19. The summed E-state index contributed by atoms with van der Waals surface area (Å²) in [5.41, 5.74) is 6.02. The normalized spacial score (nSPS) is 10.5. The molecule has 0 atom stereocenters. The van der Waals surface area contributed by atoms with E-state index >= 15 is 0 Å². The molecule has 0 fully saturated rings. The van der Waals surface area contributed by atoms with Crippen LogP contribution < -0.4 is 5.73 Å². The van der Waals surface area contributed by atoms with Gasteiger partial charge in [0, 0.05) is 6.42 Å². The quantitative estimate of drug-likeness (QED) is 0.762. The molecule has 3 N–H and O–H groups in total. The maximum atomic E-state index is 9.59. The van der Waals surface area contributed by atoms with Crippen LogP contribution in [-0.4, -0.2) is 26.4 Å². The van der Waals surface area contributed by atoms with Gasteiger partial charge in [0.15, 0.2) is 5.82 Å². The van der Waals surface area contributed by atoms with E-state index in [2.05, 4.69) is 10.1 Å². The first-order valence-corrected chi connectivity index (χ1v) is 4.70. The molecule has 0 bridgehead atoms. The van der Waals surface area contributed by atoms with E-state index in [1.165, 1.54) is 0 Å². The van der Waals surface area contributed by atoms with Crippen LogP contribution in [0.3, 0.4) is 0 Å². The number of phenols is 1. The molecule has 78 valence electrons. The molecule has 0 spiro atoms. The molecule has 0 unspecified atom stereocenters.